The number of hydrogen-bond donors (Lipinski definition) is 0. The second kappa shape index (κ2) is 3.71. The molecule has 1 aliphatic heterocycles. The Balaban J connectivity index is 1.72. The van der Waals surface area contributed by atoms with E-state index in [4.69, 9.17) is 4.74 Å². The molecule has 2 aromatic rings. The Bertz CT molecular complexity index is 485. The van der Waals surface area contributed by atoms with Gasteiger partial charge in [0.1, 0.15) is 0 Å². The SMILES string of the molecule is Cn1ncc(Cc2cnn(C3COC3)c2)n1. The third-order valence-electron chi connectivity index (χ3n) is 2.68. The summed E-state index contributed by atoms with van der Waals surface area (Å²) in [6.45, 7) is 1.54. The molecule has 6 nitrogen and oxygen atoms in total. The van der Waals surface area contributed by atoms with E-state index in [0.717, 1.165) is 30.9 Å². The fraction of sp³-hybridized carbons (Fsp3) is 0.500. The predicted octanol–water partition coefficient (Wildman–Crippen LogP) is 0.174. The van der Waals surface area contributed by atoms with Gasteiger partial charge >= 0.3 is 0 Å². The van der Waals surface area contributed by atoms with Crippen LogP contribution in [0.15, 0.2) is 18.6 Å². The zero-order valence-corrected chi connectivity index (χ0v) is 9.08. The van der Waals surface area contributed by atoms with Crippen LogP contribution in [-0.2, 0) is 18.2 Å². The standard InChI is InChI=1S/C10H13N5O/c1-14-11-4-9(13-14)2-8-3-12-15(5-8)10-6-16-7-10/h3-5,10H,2,6-7H2,1H3. The second-order valence-electron chi connectivity index (χ2n) is 4.02. The summed E-state index contributed by atoms with van der Waals surface area (Å²) >= 11 is 0. The zero-order valence-electron chi connectivity index (χ0n) is 9.08. The molecule has 0 bridgehead atoms. The minimum atomic E-state index is 0.413. The van der Waals surface area contributed by atoms with E-state index in [9.17, 15) is 0 Å². The van der Waals surface area contributed by atoms with Gasteiger partial charge in [0, 0.05) is 19.7 Å². The molecule has 0 atom stereocenters. The molecule has 0 radical (unpaired) electrons. The first kappa shape index (κ1) is 9.53. The summed E-state index contributed by atoms with van der Waals surface area (Å²) in [6.07, 6.45) is 6.50. The van der Waals surface area contributed by atoms with E-state index in [1.807, 2.05) is 17.9 Å². The monoisotopic (exact) mass is 219 g/mol. The molecule has 0 amide bonds. The summed E-state index contributed by atoms with van der Waals surface area (Å²) in [6, 6.07) is 0.413. The maximum absolute atomic E-state index is 5.13. The van der Waals surface area contributed by atoms with Gasteiger partial charge in [-0.2, -0.15) is 20.1 Å². The topological polar surface area (TPSA) is 57.8 Å². The fourth-order valence-electron chi connectivity index (χ4n) is 1.72. The number of rotatable bonds is 3. The highest BCUT2D eigenvalue weighted by atomic mass is 16.5. The number of aromatic nitrogens is 5. The molecule has 0 aromatic carbocycles. The normalized spacial score (nSPS) is 16.3. The van der Waals surface area contributed by atoms with Crippen LogP contribution in [-0.4, -0.2) is 38.0 Å². The lowest BCUT2D eigenvalue weighted by atomic mass is 10.2. The van der Waals surface area contributed by atoms with Crippen molar-refractivity contribution in [3.63, 3.8) is 0 Å². The average Bonchev–Trinajstić information content (AvgIpc) is 2.74. The van der Waals surface area contributed by atoms with E-state index < -0.39 is 0 Å². The maximum atomic E-state index is 5.13. The van der Waals surface area contributed by atoms with Gasteiger partial charge in [0.05, 0.1) is 37.3 Å². The largest absolute Gasteiger partial charge is 0.377 e. The number of hydrogen-bond acceptors (Lipinski definition) is 4. The maximum Gasteiger partial charge on any atom is 0.0985 e. The average molecular weight is 219 g/mol. The molecule has 0 aliphatic carbocycles. The highest BCUT2D eigenvalue weighted by molar-refractivity contribution is 5.13. The van der Waals surface area contributed by atoms with Gasteiger partial charge in [-0.1, -0.05) is 0 Å². The molecule has 2 aromatic heterocycles. The first-order chi connectivity index (χ1) is 7.81. The lowest BCUT2D eigenvalue weighted by Crippen LogP contribution is -2.30. The summed E-state index contributed by atoms with van der Waals surface area (Å²) < 4.78 is 7.10. The number of ether oxygens (including phenoxy) is 1. The Hall–Kier alpha value is -1.69. The highest BCUT2D eigenvalue weighted by Gasteiger charge is 2.21. The van der Waals surface area contributed by atoms with Crippen LogP contribution >= 0.6 is 0 Å². The first-order valence-corrected chi connectivity index (χ1v) is 5.27. The zero-order chi connectivity index (χ0) is 11.0. The van der Waals surface area contributed by atoms with Gasteiger partial charge in [-0.05, 0) is 5.56 Å². The second-order valence-corrected chi connectivity index (χ2v) is 4.02. The van der Waals surface area contributed by atoms with Crippen LogP contribution in [0.25, 0.3) is 0 Å². The summed E-state index contributed by atoms with van der Waals surface area (Å²) in [5.41, 5.74) is 2.12. The van der Waals surface area contributed by atoms with Crippen molar-refractivity contribution in [2.75, 3.05) is 13.2 Å². The summed E-state index contributed by atoms with van der Waals surface area (Å²) in [5.74, 6) is 0. The summed E-state index contributed by atoms with van der Waals surface area (Å²) in [7, 11) is 1.82. The molecule has 3 rings (SSSR count). The molecule has 6 heteroatoms. The van der Waals surface area contributed by atoms with Crippen LogP contribution < -0.4 is 0 Å². The van der Waals surface area contributed by atoms with Crippen LogP contribution in [0.1, 0.15) is 17.3 Å². The molecule has 0 unspecified atom stereocenters. The van der Waals surface area contributed by atoms with Gasteiger partial charge in [0.15, 0.2) is 0 Å². The molecule has 0 saturated carbocycles. The Morgan fingerprint density at radius 3 is 2.88 bits per heavy atom. The van der Waals surface area contributed by atoms with Crippen molar-refractivity contribution in [1.29, 1.82) is 0 Å². The molecule has 1 fully saturated rings. The van der Waals surface area contributed by atoms with Gasteiger partial charge in [-0.3, -0.25) is 4.68 Å². The van der Waals surface area contributed by atoms with Gasteiger partial charge in [-0.25, -0.2) is 0 Å². The van der Waals surface area contributed by atoms with Crippen molar-refractivity contribution in [3.05, 3.63) is 29.8 Å². The fourth-order valence-corrected chi connectivity index (χ4v) is 1.72. The Labute approximate surface area is 92.8 Å². The van der Waals surface area contributed by atoms with E-state index in [1.54, 1.807) is 11.0 Å². The van der Waals surface area contributed by atoms with Crippen molar-refractivity contribution >= 4 is 0 Å². The Morgan fingerprint density at radius 1 is 1.38 bits per heavy atom. The smallest absolute Gasteiger partial charge is 0.0985 e. The molecule has 0 spiro atoms. The van der Waals surface area contributed by atoms with Crippen molar-refractivity contribution in [2.45, 2.75) is 12.5 Å². The van der Waals surface area contributed by atoms with Gasteiger partial charge in [0.2, 0.25) is 0 Å². The molecular weight excluding hydrogens is 206 g/mol. The van der Waals surface area contributed by atoms with Gasteiger partial charge in [-0.15, -0.1) is 0 Å². The quantitative estimate of drug-likeness (QED) is 0.738. The van der Waals surface area contributed by atoms with Crippen LogP contribution in [0.4, 0.5) is 0 Å². The van der Waals surface area contributed by atoms with E-state index in [2.05, 4.69) is 21.5 Å². The molecule has 3 heterocycles. The van der Waals surface area contributed by atoms with Gasteiger partial charge < -0.3 is 4.74 Å². The number of nitrogens with zero attached hydrogens (tertiary/aromatic N) is 5. The van der Waals surface area contributed by atoms with Crippen LogP contribution in [0.3, 0.4) is 0 Å². The molecule has 16 heavy (non-hydrogen) atoms. The van der Waals surface area contributed by atoms with E-state index in [1.165, 1.54) is 0 Å². The lowest BCUT2D eigenvalue weighted by Gasteiger charge is -2.25. The molecular formula is C10H13N5O. The minimum absolute atomic E-state index is 0.413. The Morgan fingerprint density at radius 2 is 2.25 bits per heavy atom. The van der Waals surface area contributed by atoms with Crippen molar-refractivity contribution in [2.24, 2.45) is 7.05 Å². The van der Waals surface area contributed by atoms with Crippen LogP contribution in [0.2, 0.25) is 0 Å². The minimum Gasteiger partial charge on any atom is -0.377 e. The summed E-state index contributed by atoms with van der Waals surface area (Å²) in [4.78, 5) is 1.57. The van der Waals surface area contributed by atoms with E-state index in [0.29, 0.717) is 6.04 Å². The molecule has 1 aliphatic rings. The van der Waals surface area contributed by atoms with Crippen molar-refractivity contribution in [1.82, 2.24) is 24.8 Å². The van der Waals surface area contributed by atoms with Gasteiger partial charge in [0.25, 0.3) is 0 Å². The van der Waals surface area contributed by atoms with Crippen LogP contribution in [0, 0.1) is 0 Å². The van der Waals surface area contributed by atoms with Crippen molar-refractivity contribution in [3.8, 4) is 0 Å². The third-order valence-corrected chi connectivity index (χ3v) is 2.68. The first-order valence-electron chi connectivity index (χ1n) is 5.27. The Kier molecular flexibility index (Phi) is 2.21. The highest BCUT2D eigenvalue weighted by Crippen LogP contribution is 2.17. The van der Waals surface area contributed by atoms with E-state index in [-0.39, 0.29) is 0 Å². The molecule has 1 saturated heterocycles. The molecule has 84 valence electrons. The summed E-state index contributed by atoms with van der Waals surface area (Å²) in [5, 5.41) is 12.6. The van der Waals surface area contributed by atoms with Crippen LogP contribution in [0.5, 0.6) is 0 Å². The van der Waals surface area contributed by atoms with Crippen molar-refractivity contribution < 1.29 is 4.74 Å². The van der Waals surface area contributed by atoms with E-state index >= 15 is 0 Å². The predicted molar refractivity (Wildman–Crippen MR) is 55.9 cm³/mol. The lowest BCUT2D eigenvalue weighted by molar-refractivity contribution is -0.0286. The number of aryl methyl sites for hydroxylation is 1. The third kappa shape index (κ3) is 1.71. The molecule has 0 N–H and O–H groups in total.